The van der Waals surface area contributed by atoms with Crippen molar-refractivity contribution in [1.29, 1.82) is 0 Å². The second-order valence-corrected chi connectivity index (χ2v) is 4.71. The van der Waals surface area contributed by atoms with Gasteiger partial charge >= 0.3 is 11.9 Å². The van der Waals surface area contributed by atoms with E-state index in [1.807, 2.05) is 0 Å². The monoisotopic (exact) mass is 218 g/mol. The maximum absolute atomic E-state index is 11.4. The molecule has 5 heteroatoms. The van der Waals surface area contributed by atoms with E-state index in [0.29, 0.717) is 0 Å². The summed E-state index contributed by atoms with van der Waals surface area (Å²) >= 11 is 0. The SMILES string of the molecule is CC(O)C(=O)OC(=O)C(C)(O)C(C)(C)C. The van der Waals surface area contributed by atoms with Gasteiger partial charge in [0.2, 0.25) is 0 Å². The molecule has 0 aliphatic heterocycles. The van der Waals surface area contributed by atoms with E-state index >= 15 is 0 Å². The summed E-state index contributed by atoms with van der Waals surface area (Å²) in [5.74, 6) is -2.12. The smallest absolute Gasteiger partial charge is 0.346 e. The molecule has 0 aromatic carbocycles. The molecule has 2 N–H and O–H groups in total. The molecule has 0 saturated carbocycles. The van der Waals surface area contributed by atoms with Crippen LogP contribution in [0, 0.1) is 5.41 Å². The molecule has 2 atom stereocenters. The van der Waals surface area contributed by atoms with Crippen LogP contribution in [0.4, 0.5) is 0 Å². The Morgan fingerprint density at radius 2 is 1.60 bits per heavy atom. The molecule has 0 rings (SSSR count). The van der Waals surface area contributed by atoms with Crippen molar-refractivity contribution < 1.29 is 24.5 Å². The number of esters is 2. The number of carbonyl (C=O) groups is 2. The van der Waals surface area contributed by atoms with E-state index in [4.69, 9.17) is 5.11 Å². The summed E-state index contributed by atoms with van der Waals surface area (Å²) in [4.78, 5) is 22.3. The van der Waals surface area contributed by atoms with Gasteiger partial charge in [-0.1, -0.05) is 20.8 Å². The molecule has 0 aliphatic carbocycles. The van der Waals surface area contributed by atoms with Crippen molar-refractivity contribution in [3.63, 3.8) is 0 Å². The Morgan fingerprint density at radius 3 is 1.87 bits per heavy atom. The highest BCUT2D eigenvalue weighted by atomic mass is 16.6. The van der Waals surface area contributed by atoms with E-state index in [1.165, 1.54) is 13.8 Å². The first-order valence-electron chi connectivity index (χ1n) is 4.66. The third-order valence-electron chi connectivity index (χ3n) is 2.39. The summed E-state index contributed by atoms with van der Waals surface area (Å²) in [5.41, 5.74) is -2.54. The normalized spacial score (nSPS) is 17.8. The number of hydrogen-bond donors (Lipinski definition) is 2. The molecule has 0 bridgehead atoms. The lowest BCUT2D eigenvalue weighted by atomic mass is 9.78. The van der Waals surface area contributed by atoms with Crippen molar-refractivity contribution >= 4 is 11.9 Å². The van der Waals surface area contributed by atoms with Crippen LogP contribution in [-0.2, 0) is 14.3 Å². The average molecular weight is 218 g/mol. The van der Waals surface area contributed by atoms with Crippen molar-refractivity contribution in [3.05, 3.63) is 0 Å². The summed E-state index contributed by atoms with van der Waals surface area (Å²) in [6.07, 6.45) is -1.38. The fraction of sp³-hybridized carbons (Fsp3) is 0.800. The van der Waals surface area contributed by atoms with Gasteiger partial charge in [0.1, 0.15) is 6.10 Å². The number of hydrogen-bond acceptors (Lipinski definition) is 5. The van der Waals surface area contributed by atoms with Gasteiger partial charge in [-0.15, -0.1) is 0 Å². The van der Waals surface area contributed by atoms with Gasteiger partial charge in [-0.2, -0.15) is 0 Å². The first-order valence-corrected chi connectivity index (χ1v) is 4.66. The molecule has 0 aliphatic rings. The Balaban J connectivity index is 4.67. The molecule has 88 valence electrons. The summed E-state index contributed by atoms with van der Waals surface area (Å²) in [5, 5.41) is 18.7. The highest BCUT2D eigenvalue weighted by Gasteiger charge is 2.45. The molecule has 0 saturated heterocycles. The lowest BCUT2D eigenvalue weighted by Gasteiger charge is -2.34. The van der Waals surface area contributed by atoms with Crippen LogP contribution in [0.15, 0.2) is 0 Å². The van der Waals surface area contributed by atoms with E-state index < -0.39 is 29.1 Å². The Labute approximate surface area is 89.0 Å². The predicted octanol–water partition coefficient (Wildman–Crippen LogP) is 0.234. The molecule has 5 nitrogen and oxygen atoms in total. The Kier molecular flexibility index (Phi) is 4.01. The minimum atomic E-state index is -1.78. The Hall–Kier alpha value is -0.940. The van der Waals surface area contributed by atoms with Crippen LogP contribution in [0.25, 0.3) is 0 Å². The van der Waals surface area contributed by atoms with Gasteiger partial charge in [0.25, 0.3) is 0 Å². The lowest BCUT2D eigenvalue weighted by Crippen LogP contribution is -2.49. The van der Waals surface area contributed by atoms with Crippen LogP contribution in [0.1, 0.15) is 34.6 Å². The zero-order valence-corrected chi connectivity index (χ0v) is 9.70. The average Bonchev–Trinajstić information content (AvgIpc) is 2.01. The fourth-order valence-corrected chi connectivity index (χ4v) is 0.582. The molecule has 0 fully saturated rings. The van der Waals surface area contributed by atoms with E-state index in [2.05, 4.69) is 4.74 Å². The quantitative estimate of drug-likeness (QED) is 0.512. The molecule has 2 unspecified atom stereocenters. The zero-order chi connectivity index (χ0) is 12.4. The molecule has 0 aromatic heterocycles. The highest BCUT2D eigenvalue weighted by Crippen LogP contribution is 2.30. The predicted molar refractivity (Wildman–Crippen MR) is 52.9 cm³/mol. The summed E-state index contributed by atoms with van der Waals surface area (Å²) in [6, 6.07) is 0. The number of aliphatic hydroxyl groups is 2. The summed E-state index contributed by atoms with van der Waals surface area (Å²) in [6.45, 7) is 7.37. The maximum atomic E-state index is 11.4. The first kappa shape index (κ1) is 14.1. The van der Waals surface area contributed by atoms with Crippen molar-refractivity contribution in [2.75, 3.05) is 0 Å². The number of aliphatic hydroxyl groups excluding tert-OH is 1. The molecule has 0 heterocycles. The summed E-state index contributed by atoms with van der Waals surface area (Å²) < 4.78 is 4.33. The van der Waals surface area contributed by atoms with E-state index in [1.54, 1.807) is 20.8 Å². The molecule has 0 amide bonds. The van der Waals surface area contributed by atoms with E-state index in [-0.39, 0.29) is 0 Å². The Bertz CT molecular complexity index is 259. The minimum absolute atomic E-state index is 0.761. The topological polar surface area (TPSA) is 83.8 Å². The highest BCUT2D eigenvalue weighted by molar-refractivity contribution is 5.92. The number of carbonyl (C=O) groups excluding carboxylic acids is 2. The second-order valence-electron chi connectivity index (χ2n) is 4.71. The summed E-state index contributed by atoms with van der Waals surface area (Å²) in [7, 11) is 0. The lowest BCUT2D eigenvalue weighted by molar-refractivity contribution is -0.184. The largest absolute Gasteiger partial charge is 0.389 e. The molecular weight excluding hydrogens is 200 g/mol. The molecule has 0 aromatic rings. The van der Waals surface area contributed by atoms with Crippen molar-refractivity contribution in [3.8, 4) is 0 Å². The zero-order valence-electron chi connectivity index (χ0n) is 9.70. The van der Waals surface area contributed by atoms with Crippen molar-refractivity contribution in [2.24, 2.45) is 5.41 Å². The van der Waals surface area contributed by atoms with Crippen molar-refractivity contribution in [1.82, 2.24) is 0 Å². The third kappa shape index (κ3) is 3.28. The van der Waals surface area contributed by atoms with Crippen LogP contribution >= 0.6 is 0 Å². The van der Waals surface area contributed by atoms with E-state index in [9.17, 15) is 14.7 Å². The van der Waals surface area contributed by atoms with Gasteiger partial charge in [-0.25, -0.2) is 9.59 Å². The van der Waals surface area contributed by atoms with Gasteiger partial charge < -0.3 is 14.9 Å². The van der Waals surface area contributed by atoms with Crippen LogP contribution < -0.4 is 0 Å². The third-order valence-corrected chi connectivity index (χ3v) is 2.39. The minimum Gasteiger partial charge on any atom is -0.389 e. The molecule has 0 radical (unpaired) electrons. The fourth-order valence-electron chi connectivity index (χ4n) is 0.582. The number of rotatable bonds is 2. The second kappa shape index (κ2) is 4.28. The molecular formula is C10H18O5. The van der Waals surface area contributed by atoms with Crippen LogP contribution in [0.3, 0.4) is 0 Å². The maximum Gasteiger partial charge on any atom is 0.346 e. The van der Waals surface area contributed by atoms with Gasteiger partial charge in [0.15, 0.2) is 5.60 Å². The van der Waals surface area contributed by atoms with Crippen molar-refractivity contribution in [2.45, 2.75) is 46.3 Å². The van der Waals surface area contributed by atoms with Crippen LogP contribution in [0.2, 0.25) is 0 Å². The molecule has 0 spiro atoms. The molecule has 15 heavy (non-hydrogen) atoms. The number of ether oxygens (including phenoxy) is 1. The Morgan fingerprint density at radius 1 is 1.20 bits per heavy atom. The van der Waals surface area contributed by atoms with Crippen LogP contribution in [-0.4, -0.2) is 33.9 Å². The van der Waals surface area contributed by atoms with Crippen LogP contribution in [0.5, 0.6) is 0 Å². The van der Waals surface area contributed by atoms with Gasteiger partial charge in [-0.05, 0) is 13.8 Å². The van der Waals surface area contributed by atoms with Gasteiger partial charge in [0, 0.05) is 5.41 Å². The first-order chi connectivity index (χ1) is 6.50. The van der Waals surface area contributed by atoms with E-state index in [0.717, 1.165) is 0 Å². The van der Waals surface area contributed by atoms with Gasteiger partial charge in [0.05, 0.1) is 0 Å². The standard InChI is InChI=1S/C10H18O5/c1-6(11)7(12)15-8(13)10(5,14)9(2,3)4/h6,11,14H,1-5H3. The van der Waals surface area contributed by atoms with Gasteiger partial charge in [-0.3, -0.25) is 0 Å².